The Hall–Kier alpha value is -3.08. The number of nitrogens with two attached hydrogens (primary N) is 2. The van der Waals surface area contributed by atoms with E-state index in [1.807, 2.05) is 0 Å². The van der Waals surface area contributed by atoms with Gasteiger partial charge >= 0.3 is 24.7 Å². The molecule has 0 unspecified atom stereocenters. The Balaban J connectivity index is 2.57. The predicted molar refractivity (Wildman–Crippen MR) is 93.8 cm³/mol. The quantitative estimate of drug-likeness (QED) is 0.318. The maximum absolute atomic E-state index is 13.1. The largest absolute Gasteiger partial charge is 0.457 e. The minimum absolute atomic E-state index is 0.0161. The molecule has 0 atom stereocenters. The summed E-state index contributed by atoms with van der Waals surface area (Å²) in [7, 11) is 0. The number of aliphatic hydroxyl groups is 2. The minimum atomic E-state index is -6.32. The van der Waals surface area contributed by atoms with Crippen LogP contribution < -0.4 is 16.2 Å². The molecule has 0 aliphatic rings. The molecule has 0 radical (unpaired) electrons. The Bertz CT molecular complexity index is 1060. The topological polar surface area (TPSA) is 102 Å². The molecule has 0 heterocycles. The number of halogens is 12. The lowest BCUT2D eigenvalue weighted by Crippen LogP contribution is -2.54. The van der Waals surface area contributed by atoms with Crippen LogP contribution in [0.2, 0.25) is 0 Å². The van der Waals surface area contributed by atoms with Crippen LogP contribution in [0.4, 0.5) is 64.1 Å². The van der Waals surface area contributed by atoms with Gasteiger partial charge in [0.15, 0.2) is 0 Å². The lowest BCUT2D eigenvalue weighted by molar-refractivity contribution is -0.376. The number of nitrogen functional groups attached to an aromatic ring is 2. The van der Waals surface area contributed by atoms with Gasteiger partial charge in [-0.3, -0.25) is 0 Å². The van der Waals surface area contributed by atoms with Gasteiger partial charge in [0.1, 0.15) is 11.5 Å². The fourth-order valence-electron chi connectivity index (χ4n) is 2.91. The summed E-state index contributed by atoms with van der Waals surface area (Å²) in [4.78, 5) is 0. The molecule has 0 saturated carbocycles. The highest BCUT2D eigenvalue weighted by molar-refractivity contribution is 5.58. The van der Waals surface area contributed by atoms with E-state index in [2.05, 4.69) is 0 Å². The molecule has 0 aromatic heterocycles. The average Bonchev–Trinajstić information content (AvgIpc) is 2.65. The van der Waals surface area contributed by atoms with Crippen molar-refractivity contribution in [2.75, 3.05) is 11.5 Å². The Morgan fingerprint density at radius 3 is 1.29 bits per heavy atom. The second kappa shape index (κ2) is 8.25. The van der Waals surface area contributed by atoms with E-state index in [0.717, 1.165) is 0 Å². The summed E-state index contributed by atoms with van der Waals surface area (Å²) in [6.07, 6.45) is -25.2. The van der Waals surface area contributed by atoms with Crippen LogP contribution in [0.3, 0.4) is 0 Å². The molecule has 0 aliphatic heterocycles. The highest BCUT2D eigenvalue weighted by Crippen LogP contribution is 2.53. The van der Waals surface area contributed by atoms with Crippen molar-refractivity contribution in [1.82, 2.24) is 0 Å². The normalized spacial score (nSPS) is 14.2. The van der Waals surface area contributed by atoms with Crippen LogP contribution in [0.25, 0.3) is 0 Å². The third-order valence-electron chi connectivity index (χ3n) is 4.70. The highest BCUT2D eigenvalue weighted by Gasteiger charge is 2.73. The molecule has 196 valence electrons. The van der Waals surface area contributed by atoms with Crippen LogP contribution in [-0.2, 0) is 11.2 Å². The Labute approximate surface area is 186 Å². The summed E-state index contributed by atoms with van der Waals surface area (Å²) in [5.41, 5.74) is -6.81. The highest BCUT2D eigenvalue weighted by atomic mass is 19.4. The zero-order chi connectivity index (χ0) is 27.4. The lowest BCUT2D eigenvalue weighted by atomic mass is 9.90. The van der Waals surface area contributed by atoms with Gasteiger partial charge in [-0.25, -0.2) is 0 Å². The number of alkyl halides is 12. The van der Waals surface area contributed by atoms with E-state index < -0.39 is 69.9 Å². The summed E-state index contributed by atoms with van der Waals surface area (Å²) in [6.45, 7) is 0. The zero-order valence-electron chi connectivity index (χ0n) is 16.5. The van der Waals surface area contributed by atoms with Gasteiger partial charge in [-0.05, 0) is 30.3 Å². The van der Waals surface area contributed by atoms with E-state index in [0.29, 0.717) is 24.3 Å². The van der Waals surface area contributed by atoms with Crippen molar-refractivity contribution >= 4 is 11.4 Å². The van der Waals surface area contributed by atoms with Gasteiger partial charge in [-0.2, -0.15) is 52.7 Å². The molecule has 2 rings (SSSR count). The number of hydrogen-bond acceptors (Lipinski definition) is 5. The summed E-state index contributed by atoms with van der Waals surface area (Å²) in [6, 6.07) is 1.90. The Kier molecular flexibility index (Phi) is 6.64. The van der Waals surface area contributed by atoms with Gasteiger partial charge in [-0.15, -0.1) is 0 Å². The monoisotopic (exact) mass is 532 g/mol. The molecule has 2 aromatic carbocycles. The van der Waals surface area contributed by atoms with Crippen molar-refractivity contribution in [1.29, 1.82) is 0 Å². The first-order valence-corrected chi connectivity index (χ1v) is 8.68. The molecule has 0 fully saturated rings. The van der Waals surface area contributed by atoms with E-state index in [1.165, 1.54) is 0 Å². The molecule has 2 aromatic rings. The van der Waals surface area contributed by atoms with Crippen molar-refractivity contribution in [3.63, 3.8) is 0 Å². The van der Waals surface area contributed by atoms with Gasteiger partial charge in [0.05, 0.1) is 0 Å². The van der Waals surface area contributed by atoms with Crippen molar-refractivity contribution < 1.29 is 67.6 Å². The fourth-order valence-corrected chi connectivity index (χ4v) is 2.91. The molecule has 6 N–H and O–H groups in total. The first kappa shape index (κ1) is 28.2. The molecule has 17 heteroatoms. The van der Waals surface area contributed by atoms with Crippen LogP contribution in [0.1, 0.15) is 11.1 Å². The predicted octanol–water partition coefficient (Wildman–Crippen LogP) is 5.27. The van der Waals surface area contributed by atoms with E-state index in [-0.39, 0.29) is 12.1 Å². The molecular weight excluding hydrogens is 520 g/mol. The summed E-state index contributed by atoms with van der Waals surface area (Å²) in [5, 5.41) is 18.9. The summed E-state index contributed by atoms with van der Waals surface area (Å²) in [5.74, 6) is -1.65. The third-order valence-corrected chi connectivity index (χ3v) is 4.70. The zero-order valence-corrected chi connectivity index (χ0v) is 16.5. The SMILES string of the molecule is Nc1cc(Oc2ccc(N)c(C(O)(C(F)(F)F)C(F)(F)F)c2)ccc1C(O)(C(F)(F)F)C(F)(F)F. The second-order valence-electron chi connectivity index (χ2n) is 7.01. The first-order valence-electron chi connectivity index (χ1n) is 8.68. The van der Waals surface area contributed by atoms with Gasteiger partial charge in [0.2, 0.25) is 0 Å². The van der Waals surface area contributed by atoms with E-state index in [4.69, 9.17) is 16.2 Å². The standard InChI is InChI=1S/C18H12F12N2O3/c19-15(20,21)13(33,16(22,23)24)9-3-1-8(6-12(9)32)35-7-2-4-11(31)10(5-7)14(34,17(25,26)27)18(28,29)30/h1-6,33-34H,31-32H2. The molecule has 0 bridgehead atoms. The molecule has 0 saturated heterocycles. The van der Waals surface area contributed by atoms with Gasteiger partial charge < -0.3 is 26.4 Å². The number of benzene rings is 2. The summed E-state index contributed by atoms with van der Waals surface area (Å²) < 4.78 is 162. The van der Waals surface area contributed by atoms with E-state index in [9.17, 15) is 62.9 Å². The van der Waals surface area contributed by atoms with E-state index >= 15 is 0 Å². The lowest BCUT2D eigenvalue weighted by Gasteiger charge is -2.34. The van der Waals surface area contributed by atoms with Gasteiger partial charge in [0.25, 0.3) is 11.2 Å². The molecule has 0 amide bonds. The van der Waals surface area contributed by atoms with Crippen molar-refractivity contribution in [3.8, 4) is 11.5 Å². The number of anilines is 2. The molecular formula is C18H12F12N2O3. The fraction of sp³-hybridized carbons (Fsp3) is 0.333. The van der Waals surface area contributed by atoms with Crippen molar-refractivity contribution in [3.05, 3.63) is 47.5 Å². The maximum atomic E-state index is 13.1. The first-order chi connectivity index (χ1) is 15.5. The molecule has 0 spiro atoms. The van der Waals surface area contributed by atoms with Crippen molar-refractivity contribution in [2.45, 2.75) is 35.9 Å². The van der Waals surface area contributed by atoms with Crippen LogP contribution in [0, 0.1) is 0 Å². The van der Waals surface area contributed by atoms with E-state index in [1.54, 1.807) is 0 Å². The number of ether oxygens (including phenoxy) is 1. The van der Waals surface area contributed by atoms with Crippen molar-refractivity contribution in [2.24, 2.45) is 0 Å². The van der Waals surface area contributed by atoms with Crippen LogP contribution in [0.15, 0.2) is 36.4 Å². The second-order valence-corrected chi connectivity index (χ2v) is 7.01. The van der Waals surface area contributed by atoms with Crippen LogP contribution >= 0.6 is 0 Å². The molecule has 35 heavy (non-hydrogen) atoms. The average molecular weight is 532 g/mol. The van der Waals surface area contributed by atoms with Gasteiger partial charge in [0, 0.05) is 28.6 Å². The number of hydrogen-bond donors (Lipinski definition) is 4. The molecule has 0 aliphatic carbocycles. The number of rotatable bonds is 4. The Morgan fingerprint density at radius 1 is 0.514 bits per heavy atom. The maximum Gasteiger partial charge on any atom is 0.430 e. The molecule has 5 nitrogen and oxygen atoms in total. The smallest absolute Gasteiger partial charge is 0.430 e. The van der Waals surface area contributed by atoms with Crippen LogP contribution in [0.5, 0.6) is 11.5 Å². The Morgan fingerprint density at radius 2 is 0.886 bits per heavy atom. The van der Waals surface area contributed by atoms with Gasteiger partial charge in [-0.1, -0.05) is 0 Å². The van der Waals surface area contributed by atoms with Crippen LogP contribution in [-0.4, -0.2) is 34.9 Å². The minimum Gasteiger partial charge on any atom is -0.457 e. The third kappa shape index (κ3) is 4.61. The summed E-state index contributed by atoms with van der Waals surface area (Å²) >= 11 is 0.